The van der Waals surface area contributed by atoms with Crippen LogP contribution in [0.5, 0.6) is 0 Å². The van der Waals surface area contributed by atoms with Crippen LogP contribution in [0.1, 0.15) is 18.5 Å². The van der Waals surface area contributed by atoms with Crippen molar-refractivity contribution in [3.8, 4) is 10.6 Å². The van der Waals surface area contributed by atoms with Gasteiger partial charge in [0.15, 0.2) is 0 Å². The number of rotatable bonds is 4. The first-order valence-corrected chi connectivity index (χ1v) is 9.83. The number of hydrogen-bond donors (Lipinski definition) is 0. The number of hydrogen-bond acceptors (Lipinski definition) is 6. The summed E-state index contributed by atoms with van der Waals surface area (Å²) in [6, 6.07) is 4.09. The molecule has 0 amide bonds. The lowest BCUT2D eigenvalue weighted by atomic mass is 9.56. The Labute approximate surface area is 156 Å². The highest BCUT2D eigenvalue weighted by molar-refractivity contribution is 7.13. The largest absolute Gasteiger partial charge is 0.305 e. The van der Waals surface area contributed by atoms with Gasteiger partial charge in [0.25, 0.3) is 0 Å². The molecule has 5 rings (SSSR count). The van der Waals surface area contributed by atoms with E-state index in [1.807, 2.05) is 30.2 Å². The Morgan fingerprint density at radius 2 is 2.00 bits per heavy atom. The van der Waals surface area contributed by atoms with E-state index in [1.54, 1.807) is 11.3 Å². The molecule has 1 saturated heterocycles. The number of fused-ring (bicyclic) bond motifs is 1. The van der Waals surface area contributed by atoms with Gasteiger partial charge in [-0.05, 0) is 42.8 Å². The second-order valence-electron chi connectivity index (χ2n) is 7.88. The molecule has 132 valence electrons. The van der Waals surface area contributed by atoms with Crippen LogP contribution >= 0.6 is 11.3 Å². The number of thiazole rings is 1. The van der Waals surface area contributed by atoms with Crippen LogP contribution in [0.3, 0.4) is 0 Å². The lowest BCUT2D eigenvalue weighted by Gasteiger charge is -2.58. The van der Waals surface area contributed by atoms with Gasteiger partial charge in [0.1, 0.15) is 5.78 Å². The number of likely N-dealkylation sites (tertiary alicyclic amines) is 1. The van der Waals surface area contributed by atoms with Crippen molar-refractivity contribution in [1.82, 2.24) is 19.9 Å². The summed E-state index contributed by atoms with van der Waals surface area (Å²) in [7, 11) is 2.15. The highest BCUT2D eigenvalue weighted by atomic mass is 32.1. The minimum Gasteiger partial charge on any atom is -0.305 e. The number of aromatic nitrogens is 3. The summed E-state index contributed by atoms with van der Waals surface area (Å²) < 4.78 is 0. The van der Waals surface area contributed by atoms with Crippen molar-refractivity contribution >= 4 is 27.9 Å². The molecule has 2 aliphatic rings. The van der Waals surface area contributed by atoms with E-state index in [2.05, 4.69) is 33.0 Å². The molecule has 3 aromatic heterocycles. The van der Waals surface area contributed by atoms with Crippen LogP contribution in [0.25, 0.3) is 21.3 Å². The minimum absolute atomic E-state index is 0.228. The van der Waals surface area contributed by atoms with Gasteiger partial charge < -0.3 is 4.90 Å². The standard InChI is InChI=1S/C20H20N4OS/c1-24-10-20(11-24)5-14(6-20)18(25)4-16-2-13-3-17(19-9-21-12-26-19)23-8-15(13)7-22-16/h2-3,7-9,12,14H,4-6,10-11H2,1H3. The number of ketones is 1. The van der Waals surface area contributed by atoms with E-state index >= 15 is 0 Å². The first kappa shape index (κ1) is 16.0. The van der Waals surface area contributed by atoms with Crippen molar-refractivity contribution in [3.05, 3.63) is 41.9 Å². The first-order valence-electron chi connectivity index (χ1n) is 8.95. The van der Waals surface area contributed by atoms with Crippen LogP contribution in [-0.4, -0.2) is 45.8 Å². The third-order valence-electron chi connectivity index (χ3n) is 5.72. The maximum atomic E-state index is 12.6. The zero-order valence-corrected chi connectivity index (χ0v) is 15.5. The fourth-order valence-electron chi connectivity index (χ4n) is 4.55. The molecule has 0 unspecified atom stereocenters. The first-order chi connectivity index (χ1) is 12.6. The second-order valence-corrected chi connectivity index (χ2v) is 8.76. The molecule has 0 aromatic carbocycles. The Hall–Kier alpha value is -2.18. The fourth-order valence-corrected chi connectivity index (χ4v) is 5.14. The maximum Gasteiger partial charge on any atom is 0.141 e. The van der Waals surface area contributed by atoms with Gasteiger partial charge >= 0.3 is 0 Å². The highest BCUT2D eigenvalue weighted by Crippen LogP contribution is 2.51. The molecule has 0 atom stereocenters. The Morgan fingerprint density at radius 3 is 2.73 bits per heavy atom. The zero-order chi connectivity index (χ0) is 17.7. The molecular formula is C20H20N4OS. The molecule has 6 heteroatoms. The highest BCUT2D eigenvalue weighted by Gasteiger charge is 2.52. The van der Waals surface area contributed by atoms with E-state index in [0.29, 0.717) is 17.6 Å². The number of Topliss-reactive ketones (excluding diaryl/α,β-unsaturated/α-hetero) is 1. The minimum atomic E-state index is 0.228. The lowest BCUT2D eigenvalue weighted by molar-refractivity contribution is -0.139. The van der Waals surface area contributed by atoms with E-state index in [9.17, 15) is 4.79 Å². The van der Waals surface area contributed by atoms with Crippen LogP contribution in [-0.2, 0) is 11.2 Å². The normalized spacial score (nSPS) is 19.4. The fraction of sp³-hybridized carbons (Fsp3) is 0.400. The summed E-state index contributed by atoms with van der Waals surface area (Å²) in [5.74, 6) is 0.570. The molecule has 0 N–H and O–H groups in total. The average Bonchev–Trinajstić information content (AvgIpc) is 3.10. The van der Waals surface area contributed by atoms with Crippen LogP contribution in [0.4, 0.5) is 0 Å². The predicted molar refractivity (Wildman–Crippen MR) is 102 cm³/mol. The SMILES string of the molecule is CN1CC2(CC(C(=O)Cc3cc4cc(-c5cncs5)ncc4cn3)C2)C1. The molecule has 0 bridgehead atoms. The number of carbonyl (C=O) groups is 1. The second kappa shape index (κ2) is 5.93. The predicted octanol–water partition coefficient (Wildman–Crippen LogP) is 3.21. The zero-order valence-electron chi connectivity index (χ0n) is 14.7. The summed E-state index contributed by atoms with van der Waals surface area (Å²) in [6.45, 7) is 2.30. The van der Waals surface area contributed by atoms with Crippen molar-refractivity contribution in [3.63, 3.8) is 0 Å². The van der Waals surface area contributed by atoms with E-state index in [4.69, 9.17) is 0 Å². The number of pyridine rings is 2. The van der Waals surface area contributed by atoms with Crippen LogP contribution in [0, 0.1) is 11.3 Å². The Kier molecular flexibility index (Phi) is 3.65. The van der Waals surface area contributed by atoms with Crippen molar-refractivity contribution < 1.29 is 4.79 Å². The summed E-state index contributed by atoms with van der Waals surface area (Å²) in [6.07, 6.45) is 8.04. The van der Waals surface area contributed by atoms with Gasteiger partial charge in [0.05, 0.1) is 16.1 Å². The molecule has 1 aliphatic carbocycles. The van der Waals surface area contributed by atoms with Gasteiger partial charge in [-0.25, -0.2) is 0 Å². The third-order valence-corrected chi connectivity index (χ3v) is 6.52. The smallest absolute Gasteiger partial charge is 0.141 e. The Morgan fingerprint density at radius 1 is 1.19 bits per heavy atom. The van der Waals surface area contributed by atoms with Crippen molar-refractivity contribution in [1.29, 1.82) is 0 Å². The molecule has 26 heavy (non-hydrogen) atoms. The maximum absolute atomic E-state index is 12.6. The summed E-state index contributed by atoms with van der Waals surface area (Å²) >= 11 is 1.57. The van der Waals surface area contributed by atoms with E-state index in [0.717, 1.165) is 53.0 Å². The van der Waals surface area contributed by atoms with Crippen LogP contribution < -0.4 is 0 Å². The van der Waals surface area contributed by atoms with Crippen molar-refractivity contribution in [2.24, 2.45) is 11.3 Å². The van der Waals surface area contributed by atoms with Crippen molar-refractivity contribution in [2.45, 2.75) is 19.3 Å². The number of nitrogens with zero attached hydrogens (tertiary/aromatic N) is 4. The Balaban J connectivity index is 1.32. The monoisotopic (exact) mass is 364 g/mol. The van der Waals surface area contributed by atoms with Crippen LogP contribution in [0.15, 0.2) is 36.2 Å². The molecule has 4 heterocycles. The van der Waals surface area contributed by atoms with E-state index in [-0.39, 0.29) is 5.92 Å². The van der Waals surface area contributed by atoms with Crippen molar-refractivity contribution in [2.75, 3.05) is 20.1 Å². The summed E-state index contributed by atoms with van der Waals surface area (Å²) in [5.41, 5.74) is 4.03. The molecule has 1 spiro atoms. The topological polar surface area (TPSA) is 59.0 Å². The average molecular weight is 364 g/mol. The van der Waals surface area contributed by atoms with Gasteiger partial charge in [-0.3, -0.25) is 19.7 Å². The molecule has 2 fully saturated rings. The number of carbonyl (C=O) groups excluding carboxylic acids is 1. The molecule has 0 radical (unpaired) electrons. The third kappa shape index (κ3) is 2.73. The van der Waals surface area contributed by atoms with Gasteiger partial charge in [0, 0.05) is 55.1 Å². The van der Waals surface area contributed by atoms with Gasteiger partial charge in [-0.2, -0.15) is 0 Å². The quantitative estimate of drug-likeness (QED) is 0.711. The molecule has 1 saturated carbocycles. The molecule has 1 aliphatic heterocycles. The van der Waals surface area contributed by atoms with Crippen LogP contribution in [0.2, 0.25) is 0 Å². The summed E-state index contributed by atoms with van der Waals surface area (Å²) in [4.78, 5) is 29.1. The van der Waals surface area contributed by atoms with E-state index < -0.39 is 0 Å². The Bertz CT molecular complexity index is 971. The van der Waals surface area contributed by atoms with Gasteiger partial charge in [-0.15, -0.1) is 11.3 Å². The van der Waals surface area contributed by atoms with Gasteiger partial charge in [-0.1, -0.05) is 0 Å². The van der Waals surface area contributed by atoms with Gasteiger partial charge in [0.2, 0.25) is 0 Å². The lowest BCUT2D eigenvalue weighted by Crippen LogP contribution is -2.61. The molecule has 3 aromatic rings. The molecular weight excluding hydrogens is 344 g/mol. The van der Waals surface area contributed by atoms with E-state index in [1.165, 1.54) is 0 Å². The molecule has 5 nitrogen and oxygen atoms in total. The summed E-state index contributed by atoms with van der Waals surface area (Å²) in [5, 5.41) is 2.07.